The second-order valence-electron chi connectivity index (χ2n) is 5.42. The number of amides is 1. The van der Waals surface area contributed by atoms with Crippen LogP contribution >= 0.6 is 11.6 Å². The van der Waals surface area contributed by atoms with E-state index < -0.39 is 17.6 Å². The second kappa shape index (κ2) is 7.32. The summed E-state index contributed by atoms with van der Waals surface area (Å²) in [4.78, 5) is 12.3. The van der Waals surface area contributed by atoms with Crippen molar-refractivity contribution in [2.24, 2.45) is 0 Å². The van der Waals surface area contributed by atoms with Gasteiger partial charge in [0, 0.05) is 17.2 Å². The fourth-order valence-electron chi connectivity index (χ4n) is 2.38. The molecule has 1 heterocycles. The lowest BCUT2D eigenvalue weighted by molar-refractivity contribution is -0.138. The van der Waals surface area contributed by atoms with Crippen LogP contribution in [0.5, 0.6) is 5.75 Å². The van der Waals surface area contributed by atoms with Crippen LogP contribution < -0.4 is 10.1 Å². The average molecular weight is 397 g/mol. The fourth-order valence-corrected chi connectivity index (χ4v) is 2.62. The minimum absolute atomic E-state index is 0.0284. The van der Waals surface area contributed by atoms with Crippen LogP contribution in [0.3, 0.4) is 0 Å². The molecule has 0 saturated heterocycles. The molecule has 1 aromatic heterocycles. The molecule has 0 unspecified atom stereocenters. The predicted octanol–water partition coefficient (Wildman–Crippen LogP) is 5.27. The van der Waals surface area contributed by atoms with Gasteiger partial charge >= 0.3 is 6.18 Å². The van der Waals surface area contributed by atoms with E-state index in [0.717, 1.165) is 13.2 Å². The summed E-state index contributed by atoms with van der Waals surface area (Å²) in [5.74, 6) is -1.19. The zero-order valence-electron chi connectivity index (χ0n) is 13.8. The van der Waals surface area contributed by atoms with Gasteiger partial charge in [0.25, 0.3) is 5.91 Å². The number of ether oxygens (including phenoxy) is 1. The Morgan fingerprint density at radius 3 is 2.59 bits per heavy atom. The summed E-state index contributed by atoms with van der Waals surface area (Å²) in [5, 5.41) is 6.61. The summed E-state index contributed by atoms with van der Waals surface area (Å²) < 4.78 is 49.0. The number of hydrogen-bond donors (Lipinski definition) is 1. The van der Waals surface area contributed by atoms with Crippen molar-refractivity contribution < 1.29 is 27.2 Å². The Hall–Kier alpha value is -3.00. The third kappa shape index (κ3) is 4.06. The zero-order chi connectivity index (χ0) is 19.6. The Kier molecular flexibility index (Phi) is 5.09. The standard InChI is InChI=1S/C18H12ClF3N2O3/c1-26-15-7-6-10(8-12(15)18(20,21)22)17(25)23-16-9-14(24-27-16)11-4-2-3-5-13(11)19/h2-9H,1H3,(H,23,25). The molecule has 0 saturated carbocycles. The lowest BCUT2D eigenvalue weighted by Gasteiger charge is -2.13. The Morgan fingerprint density at radius 2 is 1.93 bits per heavy atom. The number of aromatic nitrogens is 1. The lowest BCUT2D eigenvalue weighted by Crippen LogP contribution is -2.14. The molecule has 5 nitrogen and oxygen atoms in total. The van der Waals surface area contributed by atoms with Crippen LogP contribution in [-0.4, -0.2) is 18.2 Å². The number of methoxy groups -OCH3 is 1. The smallest absolute Gasteiger partial charge is 0.419 e. The first kappa shape index (κ1) is 18.8. The van der Waals surface area contributed by atoms with Crippen LogP contribution in [0.4, 0.5) is 19.1 Å². The molecule has 27 heavy (non-hydrogen) atoms. The van der Waals surface area contributed by atoms with Gasteiger partial charge in [-0.25, -0.2) is 0 Å². The quantitative estimate of drug-likeness (QED) is 0.652. The van der Waals surface area contributed by atoms with Gasteiger partial charge in [-0.05, 0) is 24.3 Å². The first-order valence-electron chi connectivity index (χ1n) is 7.58. The van der Waals surface area contributed by atoms with Crippen LogP contribution in [0, 0.1) is 0 Å². The highest BCUT2D eigenvalue weighted by atomic mass is 35.5. The Balaban J connectivity index is 1.83. The van der Waals surface area contributed by atoms with E-state index in [1.807, 2.05) is 0 Å². The molecule has 0 fully saturated rings. The minimum atomic E-state index is -4.66. The SMILES string of the molecule is COc1ccc(C(=O)Nc2cc(-c3ccccc3Cl)no2)cc1C(F)(F)F. The summed E-state index contributed by atoms with van der Waals surface area (Å²) in [6, 6.07) is 11.3. The van der Waals surface area contributed by atoms with E-state index in [0.29, 0.717) is 22.3 Å². The molecule has 0 aliphatic heterocycles. The third-order valence-corrected chi connectivity index (χ3v) is 3.99. The first-order valence-corrected chi connectivity index (χ1v) is 7.95. The molecule has 9 heteroatoms. The largest absolute Gasteiger partial charge is 0.496 e. The number of halogens is 4. The molecule has 1 amide bonds. The number of nitrogens with zero attached hydrogens (tertiary/aromatic N) is 1. The lowest BCUT2D eigenvalue weighted by atomic mass is 10.1. The molecule has 2 aromatic carbocycles. The third-order valence-electron chi connectivity index (χ3n) is 3.66. The number of nitrogens with one attached hydrogen (secondary N) is 1. The summed E-state index contributed by atoms with van der Waals surface area (Å²) in [6.45, 7) is 0. The van der Waals surface area contributed by atoms with Gasteiger partial charge in [-0.3, -0.25) is 10.1 Å². The molecule has 0 aliphatic rings. The van der Waals surface area contributed by atoms with Gasteiger partial charge in [0.1, 0.15) is 11.4 Å². The molecule has 0 bridgehead atoms. The first-order chi connectivity index (χ1) is 12.8. The van der Waals surface area contributed by atoms with Crippen molar-refractivity contribution in [1.29, 1.82) is 0 Å². The van der Waals surface area contributed by atoms with E-state index in [9.17, 15) is 18.0 Å². The van der Waals surface area contributed by atoms with Gasteiger partial charge < -0.3 is 9.26 Å². The van der Waals surface area contributed by atoms with E-state index in [1.54, 1.807) is 24.3 Å². The van der Waals surface area contributed by atoms with Crippen molar-refractivity contribution in [3.05, 3.63) is 64.7 Å². The van der Waals surface area contributed by atoms with E-state index in [1.165, 1.54) is 12.1 Å². The number of benzene rings is 2. The van der Waals surface area contributed by atoms with Crippen LogP contribution in [0.15, 0.2) is 53.1 Å². The highest BCUT2D eigenvalue weighted by Gasteiger charge is 2.35. The van der Waals surface area contributed by atoms with Crippen LogP contribution in [0.2, 0.25) is 5.02 Å². The summed E-state index contributed by atoms with van der Waals surface area (Å²) in [6.07, 6.45) is -4.66. The van der Waals surface area contributed by atoms with Crippen molar-refractivity contribution >= 4 is 23.4 Å². The summed E-state index contributed by atoms with van der Waals surface area (Å²) >= 11 is 6.07. The predicted molar refractivity (Wildman–Crippen MR) is 92.9 cm³/mol. The number of carbonyl (C=O) groups is 1. The number of carbonyl (C=O) groups excluding carboxylic acids is 1. The highest BCUT2D eigenvalue weighted by Crippen LogP contribution is 2.37. The number of rotatable bonds is 4. The number of anilines is 1. The molecule has 0 spiro atoms. The Labute approximate surface area is 156 Å². The number of hydrogen-bond acceptors (Lipinski definition) is 4. The Bertz CT molecular complexity index is 986. The summed E-state index contributed by atoms with van der Waals surface area (Å²) in [5.41, 5.74) is -0.292. The van der Waals surface area contributed by atoms with Crippen LogP contribution in [-0.2, 0) is 6.18 Å². The maximum absolute atomic E-state index is 13.1. The van der Waals surface area contributed by atoms with Gasteiger partial charge in [0.2, 0.25) is 5.88 Å². The van der Waals surface area contributed by atoms with Crippen molar-refractivity contribution in [3.63, 3.8) is 0 Å². The molecule has 0 radical (unpaired) electrons. The molecular formula is C18H12ClF3N2O3. The van der Waals surface area contributed by atoms with Crippen molar-refractivity contribution in [1.82, 2.24) is 5.16 Å². The molecule has 3 aromatic rings. The van der Waals surface area contributed by atoms with Crippen LogP contribution in [0.25, 0.3) is 11.3 Å². The molecule has 0 aliphatic carbocycles. The zero-order valence-corrected chi connectivity index (χ0v) is 14.6. The minimum Gasteiger partial charge on any atom is -0.496 e. The van der Waals surface area contributed by atoms with Gasteiger partial charge in [-0.15, -0.1) is 0 Å². The summed E-state index contributed by atoms with van der Waals surface area (Å²) in [7, 11) is 1.12. The monoisotopic (exact) mass is 396 g/mol. The Morgan fingerprint density at radius 1 is 1.19 bits per heavy atom. The second-order valence-corrected chi connectivity index (χ2v) is 5.83. The van der Waals surface area contributed by atoms with Gasteiger partial charge in [-0.1, -0.05) is 35.0 Å². The number of alkyl halides is 3. The molecule has 140 valence electrons. The normalized spacial score (nSPS) is 11.3. The van der Waals surface area contributed by atoms with E-state index >= 15 is 0 Å². The van der Waals surface area contributed by atoms with Crippen molar-refractivity contribution in [3.8, 4) is 17.0 Å². The van der Waals surface area contributed by atoms with Gasteiger partial charge in [0.05, 0.1) is 17.7 Å². The molecular weight excluding hydrogens is 385 g/mol. The fraction of sp³-hybridized carbons (Fsp3) is 0.111. The van der Waals surface area contributed by atoms with E-state index in [-0.39, 0.29) is 17.2 Å². The molecule has 3 rings (SSSR count). The molecule has 1 N–H and O–H groups in total. The van der Waals surface area contributed by atoms with E-state index in [4.69, 9.17) is 20.9 Å². The van der Waals surface area contributed by atoms with Gasteiger partial charge in [0.15, 0.2) is 0 Å². The van der Waals surface area contributed by atoms with Crippen molar-refractivity contribution in [2.45, 2.75) is 6.18 Å². The maximum Gasteiger partial charge on any atom is 0.419 e. The highest BCUT2D eigenvalue weighted by molar-refractivity contribution is 6.33. The van der Waals surface area contributed by atoms with Gasteiger partial charge in [-0.2, -0.15) is 13.2 Å². The van der Waals surface area contributed by atoms with Crippen LogP contribution in [0.1, 0.15) is 15.9 Å². The van der Waals surface area contributed by atoms with E-state index in [2.05, 4.69) is 10.5 Å². The average Bonchev–Trinajstić information content (AvgIpc) is 3.09. The maximum atomic E-state index is 13.1. The molecule has 0 atom stereocenters. The van der Waals surface area contributed by atoms with Crippen molar-refractivity contribution in [2.75, 3.05) is 12.4 Å². The topological polar surface area (TPSA) is 64.4 Å².